The van der Waals surface area contributed by atoms with Crippen molar-refractivity contribution >= 4 is 5.91 Å². The molecule has 0 radical (unpaired) electrons. The number of nitrogens with zero attached hydrogens (tertiary/aromatic N) is 1. The Morgan fingerprint density at radius 1 is 1.67 bits per heavy atom. The van der Waals surface area contributed by atoms with Crippen molar-refractivity contribution in [1.82, 2.24) is 4.98 Å². The average molecular weight is 206 g/mol. The molecule has 1 aromatic heterocycles. The van der Waals surface area contributed by atoms with E-state index in [1.807, 2.05) is 13.0 Å². The summed E-state index contributed by atoms with van der Waals surface area (Å²) in [6.07, 6.45) is 3.63. The number of rotatable bonds is 1. The van der Waals surface area contributed by atoms with Crippen molar-refractivity contribution in [2.45, 2.75) is 31.8 Å². The molecule has 0 aliphatic heterocycles. The van der Waals surface area contributed by atoms with Crippen LogP contribution in [-0.2, 0) is 16.8 Å². The number of aryl methyl sites for hydroxylation is 2. The quantitative estimate of drug-likeness (QED) is 0.698. The molecule has 3 N–H and O–H groups in total. The molecule has 1 atom stereocenters. The molecular weight excluding hydrogens is 192 g/mol. The number of pyridine rings is 1. The van der Waals surface area contributed by atoms with E-state index in [-0.39, 0.29) is 0 Å². The Balaban J connectivity index is 2.56. The average Bonchev–Trinajstić information content (AvgIpc) is 2.17. The van der Waals surface area contributed by atoms with E-state index >= 15 is 0 Å². The highest BCUT2D eigenvalue weighted by molar-refractivity contribution is 5.84. The highest BCUT2D eigenvalue weighted by Gasteiger charge is 2.41. The van der Waals surface area contributed by atoms with Gasteiger partial charge >= 0.3 is 0 Å². The van der Waals surface area contributed by atoms with Gasteiger partial charge in [-0.3, -0.25) is 9.78 Å². The van der Waals surface area contributed by atoms with Crippen LogP contribution in [0.2, 0.25) is 0 Å². The molecular formula is C11H14N2O2. The van der Waals surface area contributed by atoms with Gasteiger partial charge < -0.3 is 10.8 Å². The number of fused-ring (bicyclic) bond motifs is 1. The smallest absolute Gasteiger partial charge is 0.255 e. The first-order valence-corrected chi connectivity index (χ1v) is 5.02. The minimum atomic E-state index is -1.57. The van der Waals surface area contributed by atoms with Gasteiger partial charge in [-0.05, 0) is 37.3 Å². The maximum absolute atomic E-state index is 11.3. The molecule has 0 spiro atoms. The Morgan fingerprint density at radius 3 is 3.07 bits per heavy atom. The van der Waals surface area contributed by atoms with Gasteiger partial charge in [0.25, 0.3) is 5.91 Å². The van der Waals surface area contributed by atoms with Gasteiger partial charge in [-0.2, -0.15) is 0 Å². The summed E-state index contributed by atoms with van der Waals surface area (Å²) in [5.74, 6) is -0.709. The normalized spacial score (nSPS) is 24.7. The molecule has 0 aromatic carbocycles. The minimum absolute atomic E-state index is 0.366. The van der Waals surface area contributed by atoms with Crippen LogP contribution in [0.1, 0.15) is 29.7 Å². The molecule has 0 saturated heterocycles. The fraction of sp³-hybridized carbons (Fsp3) is 0.455. The molecule has 1 unspecified atom stereocenters. The molecule has 1 aliphatic carbocycles. The Kier molecular flexibility index (Phi) is 2.23. The predicted octanol–water partition coefficient (Wildman–Crippen LogP) is 0.399. The lowest BCUT2D eigenvalue weighted by atomic mass is 9.82. The number of amides is 1. The van der Waals surface area contributed by atoms with E-state index in [9.17, 15) is 9.90 Å². The lowest BCUT2D eigenvalue weighted by molar-refractivity contribution is -0.139. The van der Waals surface area contributed by atoms with Crippen LogP contribution >= 0.6 is 0 Å². The zero-order valence-electron chi connectivity index (χ0n) is 8.66. The van der Waals surface area contributed by atoms with E-state index < -0.39 is 11.5 Å². The van der Waals surface area contributed by atoms with Crippen molar-refractivity contribution in [1.29, 1.82) is 0 Å². The Morgan fingerprint density at radius 2 is 2.40 bits per heavy atom. The third-order valence-electron chi connectivity index (χ3n) is 2.89. The lowest BCUT2D eigenvalue weighted by Crippen LogP contribution is -2.44. The molecule has 15 heavy (non-hydrogen) atoms. The Hall–Kier alpha value is -1.42. The van der Waals surface area contributed by atoms with E-state index in [0.717, 1.165) is 24.0 Å². The van der Waals surface area contributed by atoms with Crippen molar-refractivity contribution in [2.75, 3.05) is 0 Å². The summed E-state index contributed by atoms with van der Waals surface area (Å²) in [7, 11) is 0. The highest BCUT2D eigenvalue weighted by Crippen LogP contribution is 2.33. The van der Waals surface area contributed by atoms with Crippen LogP contribution in [0.4, 0.5) is 0 Å². The minimum Gasteiger partial charge on any atom is -0.374 e. The molecule has 0 bridgehead atoms. The monoisotopic (exact) mass is 206 g/mol. The molecule has 4 nitrogen and oxygen atoms in total. The number of carbonyl (C=O) groups excluding carboxylic acids is 1. The van der Waals surface area contributed by atoms with E-state index in [2.05, 4.69) is 4.98 Å². The maximum Gasteiger partial charge on any atom is 0.255 e. The van der Waals surface area contributed by atoms with Crippen molar-refractivity contribution in [3.8, 4) is 0 Å². The Bertz CT molecular complexity index is 417. The van der Waals surface area contributed by atoms with Gasteiger partial charge in [0.05, 0.1) is 5.69 Å². The predicted molar refractivity (Wildman–Crippen MR) is 55.0 cm³/mol. The third kappa shape index (κ3) is 1.51. The molecule has 2 rings (SSSR count). The number of hydrogen-bond acceptors (Lipinski definition) is 3. The number of hydrogen-bond donors (Lipinski definition) is 2. The summed E-state index contributed by atoms with van der Waals surface area (Å²) in [5.41, 5.74) is 6.06. The summed E-state index contributed by atoms with van der Waals surface area (Å²) in [6.45, 7) is 1.94. The zero-order chi connectivity index (χ0) is 11.1. The molecule has 4 heteroatoms. The van der Waals surface area contributed by atoms with E-state index in [1.54, 1.807) is 6.20 Å². The van der Waals surface area contributed by atoms with Gasteiger partial charge in [-0.15, -0.1) is 0 Å². The van der Waals surface area contributed by atoms with Gasteiger partial charge in [-0.25, -0.2) is 0 Å². The second-order valence-corrected chi connectivity index (χ2v) is 4.10. The maximum atomic E-state index is 11.3. The Labute approximate surface area is 88.1 Å². The van der Waals surface area contributed by atoms with Gasteiger partial charge in [0, 0.05) is 6.20 Å². The van der Waals surface area contributed by atoms with Crippen LogP contribution in [0.5, 0.6) is 0 Å². The number of primary amides is 1. The summed E-state index contributed by atoms with van der Waals surface area (Å²) >= 11 is 0. The van der Waals surface area contributed by atoms with E-state index in [0.29, 0.717) is 12.1 Å². The second kappa shape index (κ2) is 3.31. The molecule has 1 heterocycles. The van der Waals surface area contributed by atoms with Crippen LogP contribution in [-0.4, -0.2) is 16.0 Å². The lowest BCUT2D eigenvalue weighted by Gasteiger charge is -2.30. The van der Waals surface area contributed by atoms with Gasteiger partial charge in [0.1, 0.15) is 0 Å². The van der Waals surface area contributed by atoms with Crippen LogP contribution in [0, 0.1) is 6.92 Å². The summed E-state index contributed by atoms with van der Waals surface area (Å²) in [4.78, 5) is 15.4. The second-order valence-electron chi connectivity index (χ2n) is 4.10. The van der Waals surface area contributed by atoms with Crippen molar-refractivity contribution in [3.63, 3.8) is 0 Å². The number of carbonyl (C=O) groups is 1. The fourth-order valence-electron chi connectivity index (χ4n) is 2.09. The summed E-state index contributed by atoms with van der Waals surface area (Å²) in [6, 6.07) is 1.95. The van der Waals surface area contributed by atoms with Gasteiger partial charge in [0.2, 0.25) is 0 Å². The third-order valence-corrected chi connectivity index (χ3v) is 2.89. The molecule has 0 saturated carbocycles. The summed E-state index contributed by atoms with van der Waals surface area (Å²) in [5, 5.41) is 10.2. The first-order valence-electron chi connectivity index (χ1n) is 5.02. The van der Waals surface area contributed by atoms with Crippen molar-refractivity contribution < 1.29 is 9.90 Å². The standard InChI is InChI=1S/C11H14N2O2/c1-7-5-8-3-2-4-11(15,10(12)14)9(8)13-6-7/h5-6,15H,2-4H2,1H3,(H2,12,14). The SMILES string of the molecule is Cc1cnc2c(c1)CCCC2(O)C(N)=O. The zero-order valence-corrected chi connectivity index (χ0v) is 8.66. The van der Waals surface area contributed by atoms with Crippen LogP contribution in [0.15, 0.2) is 12.3 Å². The molecule has 80 valence electrons. The van der Waals surface area contributed by atoms with Gasteiger partial charge in [0.15, 0.2) is 5.60 Å². The molecule has 1 amide bonds. The first-order chi connectivity index (χ1) is 7.04. The van der Waals surface area contributed by atoms with Crippen molar-refractivity contribution in [2.24, 2.45) is 5.73 Å². The van der Waals surface area contributed by atoms with Crippen LogP contribution < -0.4 is 5.73 Å². The van der Waals surface area contributed by atoms with E-state index in [1.165, 1.54) is 0 Å². The number of aliphatic hydroxyl groups is 1. The topological polar surface area (TPSA) is 76.2 Å². The largest absolute Gasteiger partial charge is 0.374 e. The highest BCUT2D eigenvalue weighted by atomic mass is 16.3. The first kappa shape index (κ1) is 10.1. The molecule has 1 aliphatic rings. The summed E-state index contributed by atoms with van der Waals surface area (Å²) < 4.78 is 0. The van der Waals surface area contributed by atoms with Gasteiger partial charge in [-0.1, -0.05) is 6.07 Å². The number of aromatic nitrogens is 1. The van der Waals surface area contributed by atoms with Crippen LogP contribution in [0.3, 0.4) is 0 Å². The fourth-order valence-corrected chi connectivity index (χ4v) is 2.09. The number of nitrogens with two attached hydrogens (primary N) is 1. The molecule has 1 aromatic rings. The van der Waals surface area contributed by atoms with E-state index in [4.69, 9.17) is 5.73 Å². The van der Waals surface area contributed by atoms with Crippen LogP contribution in [0.25, 0.3) is 0 Å². The van der Waals surface area contributed by atoms with Crippen molar-refractivity contribution in [3.05, 3.63) is 29.1 Å². The molecule has 0 fully saturated rings.